The third kappa shape index (κ3) is 4.02. The van der Waals surface area contributed by atoms with Gasteiger partial charge >= 0.3 is 12.0 Å². The number of piperidine rings is 3. The number of amides is 2. The average Bonchev–Trinajstić information content (AvgIpc) is 2.44. The number of urea groups is 1. The molecule has 7 heteroatoms. The van der Waals surface area contributed by atoms with Crippen molar-refractivity contribution in [2.45, 2.75) is 31.3 Å². The molecule has 3 aliphatic rings. The first-order valence-corrected chi connectivity index (χ1v) is 8.50. The Morgan fingerprint density at radius 3 is 2.60 bits per heavy atom. The molecule has 2 bridgehead atoms. The van der Waals surface area contributed by atoms with Crippen LogP contribution in [-0.4, -0.2) is 65.7 Å². The van der Waals surface area contributed by atoms with Gasteiger partial charge in [-0.25, -0.2) is 9.59 Å². The topological polar surface area (TPSA) is 81.7 Å². The largest absolute Gasteiger partial charge is 0.480 e. The summed E-state index contributed by atoms with van der Waals surface area (Å²) in [7, 11) is 0. The quantitative estimate of drug-likeness (QED) is 0.669. The van der Waals surface area contributed by atoms with Crippen molar-refractivity contribution in [3.63, 3.8) is 0 Å². The van der Waals surface area contributed by atoms with E-state index in [4.69, 9.17) is 5.11 Å². The van der Waals surface area contributed by atoms with Crippen molar-refractivity contribution in [2.24, 2.45) is 5.92 Å². The van der Waals surface area contributed by atoms with Gasteiger partial charge in [0.05, 0.1) is 0 Å². The number of hydrogen-bond donors (Lipinski definition) is 3. The molecule has 3 fully saturated rings. The van der Waals surface area contributed by atoms with E-state index < -0.39 is 12.0 Å². The number of carbonyl (C=O) groups is 2. The summed E-state index contributed by atoms with van der Waals surface area (Å²) in [5, 5.41) is 14.6. The summed E-state index contributed by atoms with van der Waals surface area (Å²) in [6, 6.07) is -0.992. The molecule has 3 rings (SSSR count). The molecule has 2 atom stereocenters. The smallest absolute Gasteiger partial charge is 0.326 e. The fraction of sp³-hybridized carbons (Fsp3) is 0.846. The average molecular weight is 301 g/mol. The van der Waals surface area contributed by atoms with Crippen molar-refractivity contribution in [2.75, 3.05) is 31.6 Å². The van der Waals surface area contributed by atoms with Gasteiger partial charge in [-0.2, -0.15) is 11.8 Å². The van der Waals surface area contributed by atoms with Crippen LogP contribution in [0, 0.1) is 5.92 Å². The lowest BCUT2D eigenvalue weighted by molar-refractivity contribution is -0.139. The molecule has 0 aromatic carbocycles. The van der Waals surface area contributed by atoms with E-state index in [9.17, 15) is 9.59 Å². The molecule has 114 valence electrons. The summed E-state index contributed by atoms with van der Waals surface area (Å²) in [5.74, 6) is 0.292. The Kier molecular flexibility index (Phi) is 5.54. The van der Waals surface area contributed by atoms with Crippen LogP contribution in [0.4, 0.5) is 4.79 Å². The highest BCUT2D eigenvalue weighted by atomic mass is 32.2. The summed E-state index contributed by atoms with van der Waals surface area (Å²) < 4.78 is 0. The van der Waals surface area contributed by atoms with Gasteiger partial charge in [-0.05, 0) is 50.3 Å². The van der Waals surface area contributed by atoms with E-state index in [-0.39, 0.29) is 12.1 Å². The predicted molar refractivity (Wildman–Crippen MR) is 79.0 cm³/mol. The van der Waals surface area contributed by atoms with E-state index in [1.165, 1.54) is 0 Å². The minimum Gasteiger partial charge on any atom is -0.480 e. The summed E-state index contributed by atoms with van der Waals surface area (Å²) in [6.45, 7) is 3.13. The van der Waals surface area contributed by atoms with Crippen LogP contribution in [0.25, 0.3) is 0 Å². The summed E-state index contributed by atoms with van der Waals surface area (Å²) in [6.07, 6.45) is 4.62. The number of rotatable bonds is 6. The lowest BCUT2D eigenvalue weighted by Gasteiger charge is -2.44. The number of aliphatic carboxylic acids is 1. The number of nitrogens with zero attached hydrogens (tertiary/aromatic N) is 1. The first kappa shape index (κ1) is 15.4. The van der Waals surface area contributed by atoms with Crippen LogP contribution in [0.3, 0.4) is 0 Å². The summed E-state index contributed by atoms with van der Waals surface area (Å²) in [4.78, 5) is 25.4. The van der Waals surface area contributed by atoms with Gasteiger partial charge in [0.25, 0.3) is 0 Å². The number of fused-ring (bicyclic) bond motifs is 3. The van der Waals surface area contributed by atoms with Crippen LogP contribution in [0.2, 0.25) is 0 Å². The van der Waals surface area contributed by atoms with E-state index in [1.54, 1.807) is 11.8 Å². The summed E-state index contributed by atoms with van der Waals surface area (Å²) >= 11 is 1.58. The number of carbonyl (C=O) groups excluding carboxylic acids is 1. The van der Waals surface area contributed by atoms with Crippen molar-refractivity contribution < 1.29 is 14.7 Å². The molecule has 0 aromatic heterocycles. The molecule has 0 aliphatic carbocycles. The first-order chi connectivity index (χ1) is 9.60. The number of thioether (sulfide) groups is 1. The number of carboxylic acids is 1. The fourth-order valence-corrected chi connectivity index (χ4v) is 3.46. The zero-order chi connectivity index (χ0) is 14.5. The van der Waals surface area contributed by atoms with E-state index in [0.717, 1.165) is 38.2 Å². The molecule has 1 unspecified atom stereocenters. The molecule has 3 saturated heterocycles. The Balaban J connectivity index is 1.80. The van der Waals surface area contributed by atoms with Crippen LogP contribution in [0.1, 0.15) is 19.3 Å². The number of carboxylic acid groups (broad SMARTS) is 1. The Hall–Kier alpha value is -0.950. The maximum Gasteiger partial charge on any atom is 0.326 e. The van der Waals surface area contributed by atoms with Gasteiger partial charge in [-0.1, -0.05) is 0 Å². The standard InChI is InChI=1S/C13H23N3O3S/c1-20-7-4-10(12(17)18)14-13(19)15-11-8-16-5-2-9(11)3-6-16/h9-11H,2-8H2,1H3,(H,17,18)(H2,14,15,19)/t10-,11?/m0/s1. The SMILES string of the molecule is CSCC[C@H](NC(=O)NC1CN2CCC1CC2)C(=O)O. The molecule has 0 radical (unpaired) electrons. The predicted octanol–water partition coefficient (Wildman–Crippen LogP) is 0.586. The van der Waals surface area contributed by atoms with Crippen molar-refractivity contribution in [3.05, 3.63) is 0 Å². The maximum atomic E-state index is 12.0. The Bertz CT molecular complexity index is 359. The molecule has 3 aliphatic heterocycles. The van der Waals surface area contributed by atoms with Gasteiger partial charge < -0.3 is 20.6 Å². The molecule has 0 saturated carbocycles. The lowest BCUT2D eigenvalue weighted by Crippen LogP contribution is -2.59. The van der Waals surface area contributed by atoms with Crippen molar-refractivity contribution in [1.29, 1.82) is 0 Å². The summed E-state index contributed by atoms with van der Waals surface area (Å²) in [5.41, 5.74) is 0. The zero-order valence-electron chi connectivity index (χ0n) is 11.8. The third-order valence-corrected chi connectivity index (χ3v) is 4.83. The minimum atomic E-state index is -0.969. The van der Waals surface area contributed by atoms with Crippen LogP contribution in [0.15, 0.2) is 0 Å². The molecule has 0 spiro atoms. The Morgan fingerprint density at radius 2 is 2.10 bits per heavy atom. The van der Waals surface area contributed by atoms with E-state index in [0.29, 0.717) is 12.3 Å². The molecule has 6 nitrogen and oxygen atoms in total. The van der Waals surface area contributed by atoms with Gasteiger partial charge in [0.2, 0.25) is 0 Å². The molecule has 3 heterocycles. The minimum absolute atomic E-state index is 0.160. The molecule has 2 amide bonds. The van der Waals surface area contributed by atoms with Crippen molar-refractivity contribution >= 4 is 23.8 Å². The Morgan fingerprint density at radius 1 is 1.40 bits per heavy atom. The van der Waals surface area contributed by atoms with Crippen LogP contribution >= 0.6 is 11.8 Å². The van der Waals surface area contributed by atoms with Crippen LogP contribution in [-0.2, 0) is 4.79 Å². The second kappa shape index (κ2) is 7.17. The highest BCUT2D eigenvalue weighted by Gasteiger charge is 2.35. The highest BCUT2D eigenvalue weighted by molar-refractivity contribution is 7.98. The van der Waals surface area contributed by atoms with Crippen molar-refractivity contribution in [1.82, 2.24) is 15.5 Å². The van der Waals surface area contributed by atoms with E-state index in [2.05, 4.69) is 15.5 Å². The molecule has 0 aromatic rings. The first-order valence-electron chi connectivity index (χ1n) is 7.11. The lowest BCUT2D eigenvalue weighted by atomic mass is 9.84. The number of nitrogens with one attached hydrogen (secondary N) is 2. The molecular weight excluding hydrogens is 278 g/mol. The highest BCUT2D eigenvalue weighted by Crippen LogP contribution is 2.27. The number of hydrogen-bond acceptors (Lipinski definition) is 4. The van der Waals surface area contributed by atoms with Crippen LogP contribution < -0.4 is 10.6 Å². The normalized spacial score (nSPS) is 29.8. The molecule has 3 N–H and O–H groups in total. The van der Waals surface area contributed by atoms with Gasteiger partial charge in [0.1, 0.15) is 6.04 Å². The maximum absolute atomic E-state index is 12.0. The van der Waals surface area contributed by atoms with Gasteiger partial charge in [0, 0.05) is 12.6 Å². The second-order valence-corrected chi connectivity index (χ2v) is 6.52. The second-order valence-electron chi connectivity index (χ2n) is 5.53. The van der Waals surface area contributed by atoms with Gasteiger partial charge in [-0.3, -0.25) is 0 Å². The monoisotopic (exact) mass is 301 g/mol. The zero-order valence-corrected chi connectivity index (χ0v) is 12.6. The van der Waals surface area contributed by atoms with Crippen LogP contribution in [0.5, 0.6) is 0 Å². The third-order valence-electron chi connectivity index (χ3n) is 4.19. The van der Waals surface area contributed by atoms with Crippen molar-refractivity contribution in [3.8, 4) is 0 Å². The fourth-order valence-electron chi connectivity index (χ4n) is 2.99. The molecular formula is C13H23N3O3S. The van der Waals surface area contributed by atoms with E-state index in [1.807, 2.05) is 6.26 Å². The molecule has 20 heavy (non-hydrogen) atoms. The van der Waals surface area contributed by atoms with E-state index >= 15 is 0 Å². The van der Waals surface area contributed by atoms with Gasteiger partial charge in [-0.15, -0.1) is 0 Å². The van der Waals surface area contributed by atoms with Gasteiger partial charge in [0.15, 0.2) is 0 Å². The Labute approximate surface area is 123 Å².